The first-order valence-electron chi connectivity index (χ1n) is 8.70. The van der Waals surface area contributed by atoms with E-state index >= 15 is 0 Å². The fraction of sp³-hybridized carbons (Fsp3) is 0.300. The first-order valence-corrected chi connectivity index (χ1v) is 9.69. The van der Waals surface area contributed by atoms with Crippen molar-refractivity contribution in [2.45, 2.75) is 19.9 Å². The standard InChI is InChI=1S/C20H23N3O2S/c1-15(2)23(19(24)14-22-12-13-26-20(22)25)18-10-8-17(9-11-18)21-16-6-4-3-5-7-16/h3-11,15,21H,12-14H2,1-2H3. The molecule has 2 aromatic rings. The van der Waals surface area contributed by atoms with Crippen LogP contribution in [-0.4, -0.2) is 40.9 Å². The maximum Gasteiger partial charge on any atom is 0.282 e. The van der Waals surface area contributed by atoms with Gasteiger partial charge in [-0.3, -0.25) is 9.59 Å². The minimum Gasteiger partial charge on any atom is -0.356 e. The molecule has 3 rings (SSSR count). The van der Waals surface area contributed by atoms with Gasteiger partial charge in [0.25, 0.3) is 5.24 Å². The third-order valence-corrected chi connectivity index (χ3v) is 5.06. The van der Waals surface area contributed by atoms with Crippen LogP contribution in [0.1, 0.15) is 13.8 Å². The third kappa shape index (κ3) is 4.38. The Morgan fingerprint density at radius 1 is 1.12 bits per heavy atom. The highest BCUT2D eigenvalue weighted by Gasteiger charge is 2.27. The molecule has 1 saturated heterocycles. The molecular formula is C20H23N3O2S. The van der Waals surface area contributed by atoms with Crippen LogP contribution < -0.4 is 10.2 Å². The third-order valence-electron chi connectivity index (χ3n) is 4.16. The summed E-state index contributed by atoms with van der Waals surface area (Å²) in [5.74, 6) is 0.702. The largest absolute Gasteiger partial charge is 0.356 e. The maximum atomic E-state index is 12.8. The number of amides is 2. The molecule has 1 heterocycles. The van der Waals surface area contributed by atoms with Gasteiger partial charge in [0.2, 0.25) is 5.91 Å². The summed E-state index contributed by atoms with van der Waals surface area (Å²) in [7, 11) is 0. The van der Waals surface area contributed by atoms with Crippen molar-refractivity contribution < 1.29 is 9.59 Å². The number of carbonyl (C=O) groups excluding carboxylic acids is 2. The second-order valence-electron chi connectivity index (χ2n) is 6.43. The molecule has 1 fully saturated rings. The topological polar surface area (TPSA) is 52.7 Å². The number of nitrogens with zero attached hydrogens (tertiary/aromatic N) is 2. The minimum atomic E-state index is -0.0559. The number of hydrogen-bond acceptors (Lipinski definition) is 4. The molecule has 0 atom stereocenters. The molecule has 1 N–H and O–H groups in total. The van der Waals surface area contributed by atoms with Crippen LogP contribution in [0.4, 0.5) is 21.9 Å². The van der Waals surface area contributed by atoms with E-state index in [1.807, 2.05) is 68.4 Å². The summed E-state index contributed by atoms with van der Waals surface area (Å²) < 4.78 is 0. The summed E-state index contributed by atoms with van der Waals surface area (Å²) >= 11 is 1.27. The van der Waals surface area contributed by atoms with Gasteiger partial charge in [0.15, 0.2) is 0 Å². The van der Waals surface area contributed by atoms with E-state index < -0.39 is 0 Å². The lowest BCUT2D eigenvalue weighted by molar-refractivity contribution is -0.119. The molecule has 0 radical (unpaired) electrons. The van der Waals surface area contributed by atoms with Crippen LogP contribution in [0, 0.1) is 0 Å². The van der Waals surface area contributed by atoms with Crippen molar-refractivity contribution in [1.82, 2.24) is 4.90 Å². The molecule has 2 aromatic carbocycles. The van der Waals surface area contributed by atoms with Crippen LogP contribution in [-0.2, 0) is 4.79 Å². The number of thioether (sulfide) groups is 1. The van der Waals surface area contributed by atoms with Crippen molar-refractivity contribution in [2.75, 3.05) is 29.1 Å². The number of nitrogens with one attached hydrogen (secondary N) is 1. The molecule has 0 unspecified atom stereocenters. The summed E-state index contributed by atoms with van der Waals surface area (Å²) in [4.78, 5) is 27.9. The highest BCUT2D eigenvalue weighted by molar-refractivity contribution is 8.13. The Balaban J connectivity index is 1.71. The zero-order valence-electron chi connectivity index (χ0n) is 15.0. The van der Waals surface area contributed by atoms with Crippen LogP contribution >= 0.6 is 11.8 Å². The Hall–Kier alpha value is -2.47. The molecule has 26 heavy (non-hydrogen) atoms. The van der Waals surface area contributed by atoms with Gasteiger partial charge in [-0.2, -0.15) is 0 Å². The van der Waals surface area contributed by atoms with Gasteiger partial charge in [0, 0.05) is 35.4 Å². The normalized spacial score (nSPS) is 14.0. The summed E-state index contributed by atoms with van der Waals surface area (Å²) in [5, 5.41) is 3.32. The number of anilines is 3. The van der Waals surface area contributed by atoms with Crippen molar-refractivity contribution in [1.29, 1.82) is 0 Å². The number of para-hydroxylation sites is 1. The molecule has 0 spiro atoms. The fourth-order valence-electron chi connectivity index (χ4n) is 2.93. The van der Waals surface area contributed by atoms with E-state index in [9.17, 15) is 9.59 Å². The van der Waals surface area contributed by atoms with E-state index in [1.54, 1.807) is 9.80 Å². The first-order chi connectivity index (χ1) is 12.5. The van der Waals surface area contributed by atoms with Gasteiger partial charge in [0.05, 0.1) is 0 Å². The maximum absolute atomic E-state index is 12.8. The predicted octanol–water partition coefficient (Wildman–Crippen LogP) is 4.34. The summed E-state index contributed by atoms with van der Waals surface area (Å²) in [6, 6.07) is 17.7. The molecule has 0 saturated carbocycles. The van der Waals surface area contributed by atoms with Crippen molar-refractivity contribution in [3.05, 3.63) is 54.6 Å². The number of hydrogen-bond donors (Lipinski definition) is 1. The molecule has 5 nitrogen and oxygen atoms in total. The van der Waals surface area contributed by atoms with Crippen molar-refractivity contribution in [2.24, 2.45) is 0 Å². The SMILES string of the molecule is CC(C)N(C(=O)CN1CCSC1=O)c1ccc(Nc2ccccc2)cc1. The van der Waals surface area contributed by atoms with E-state index in [0.29, 0.717) is 6.54 Å². The summed E-state index contributed by atoms with van der Waals surface area (Å²) in [6.07, 6.45) is 0. The van der Waals surface area contributed by atoms with Crippen molar-refractivity contribution in [3.8, 4) is 0 Å². The lowest BCUT2D eigenvalue weighted by Crippen LogP contribution is -2.44. The predicted molar refractivity (Wildman–Crippen MR) is 108 cm³/mol. The van der Waals surface area contributed by atoms with Crippen LogP contribution in [0.25, 0.3) is 0 Å². The van der Waals surface area contributed by atoms with Crippen LogP contribution in [0.2, 0.25) is 0 Å². The van der Waals surface area contributed by atoms with Gasteiger partial charge in [-0.15, -0.1) is 0 Å². The molecule has 2 amide bonds. The monoisotopic (exact) mass is 369 g/mol. The average Bonchev–Trinajstić information content (AvgIpc) is 3.02. The van der Waals surface area contributed by atoms with E-state index in [-0.39, 0.29) is 23.7 Å². The van der Waals surface area contributed by atoms with Crippen molar-refractivity contribution >= 4 is 40.0 Å². The fourth-order valence-corrected chi connectivity index (χ4v) is 3.76. The number of benzene rings is 2. The number of carbonyl (C=O) groups is 2. The Kier molecular flexibility index (Phi) is 5.83. The molecule has 6 heteroatoms. The Bertz CT molecular complexity index is 762. The van der Waals surface area contributed by atoms with Gasteiger partial charge < -0.3 is 15.1 Å². The van der Waals surface area contributed by atoms with Crippen LogP contribution in [0.15, 0.2) is 54.6 Å². The first kappa shape index (κ1) is 18.3. The lowest BCUT2D eigenvalue weighted by atomic mass is 10.2. The van der Waals surface area contributed by atoms with Gasteiger partial charge in [-0.1, -0.05) is 30.0 Å². The van der Waals surface area contributed by atoms with Crippen LogP contribution in [0.3, 0.4) is 0 Å². The molecule has 0 bridgehead atoms. The molecule has 136 valence electrons. The Morgan fingerprint density at radius 3 is 2.35 bits per heavy atom. The average molecular weight is 369 g/mol. The van der Waals surface area contributed by atoms with E-state index in [0.717, 1.165) is 22.8 Å². The van der Waals surface area contributed by atoms with Gasteiger partial charge in [-0.25, -0.2) is 0 Å². The second kappa shape index (κ2) is 8.27. The Morgan fingerprint density at radius 2 is 1.77 bits per heavy atom. The zero-order chi connectivity index (χ0) is 18.5. The lowest BCUT2D eigenvalue weighted by Gasteiger charge is -2.29. The second-order valence-corrected chi connectivity index (χ2v) is 7.48. The van der Waals surface area contributed by atoms with Crippen LogP contribution in [0.5, 0.6) is 0 Å². The van der Waals surface area contributed by atoms with E-state index in [1.165, 1.54) is 11.8 Å². The highest BCUT2D eigenvalue weighted by Crippen LogP contribution is 2.24. The zero-order valence-corrected chi connectivity index (χ0v) is 15.8. The summed E-state index contributed by atoms with van der Waals surface area (Å²) in [5.41, 5.74) is 2.81. The summed E-state index contributed by atoms with van der Waals surface area (Å²) in [6.45, 7) is 4.73. The number of rotatable bonds is 6. The molecular weight excluding hydrogens is 346 g/mol. The minimum absolute atomic E-state index is 0.00975. The molecule has 0 aromatic heterocycles. The Labute approximate surface area is 158 Å². The van der Waals surface area contributed by atoms with Gasteiger partial charge >= 0.3 is 0 Å². The smallest absolute Gasteiger partial charge is 0.282 e. The van der Waals surface area contributed by atoms with Gasteiger partial charge in [-0.05, 0) is 50.2 Å². The van der Waals surface area contributed by atoms with E-state index in [2.05, 4.69) is 5.32 Å². The van der Waals surface area contributed by atoms with E-state index in [4.69, 9.17) is 0 Å². The molecule has 1 aliphatic rings. The highest BCUT2D eigenvalue weighted by atomic mass is 32.2. The molecule has 1 aliphatic heterocycles. The van der Waals surface area contributed by atoms with Crippen molar-refractivity contribution in [3.63, 3.8) is 0 Å². The van der Waals surface area contributed by atoms with Gasteiger partial charge in [0.1, 0.15) is 6.54 Å². The molecule has 0 aliphatic carbocycles. The quantitative estimate of drug-likeness (QED) is 0.823.